The molecule has 18 heavy (non-hydrogen) atoms. The van der Waals surface area contributed by atoms with Crippen molar-refractivity contribution in [3.8, 4) is 11.8 Å². The number of ether oxygens (including phenoxy) is 1. The second-order valence-electron chi connectivity index (χ2n) is 3.60. The Labute approximate surface area is 110 Å². The highest BCUT2D eigenvalue weighted by molar-refractivity contribution is 7.98. The van der Waals surface area contributed by atoms with E-state index < -0.39 is 0 Å². The molecule has 0 bridgehead atoms. The number of methoxy groups -OCH3 is 1. The molecule has 0 aliphatic carbocycles. The molecule has 2 aromatic rings. The Morgan fingerprint density at radius 2 is 2.17 bits per heavy atom. The van der Waals surface area contributed by atoms with Crippen LogP contribution in [-0.2, 0) is 5.75 Å². The number of nitriles is 1. The average molecular weight is 256 g/mol. The van der Waals surface area contributed by atoms with Crippen molar-refractivity contribution >= 4 is 11.8 Å². The van der Waals surface area contributed by atoms with Gasteiger partial charge in [0, 0.05) is 16.8 Å². The summed E-state index contributed by atoms with van der Waals surface area (Å²) in [4.78, 5) is 5.04. The molecule has 0 amide bonds. The number of hydrogen-bond donors (Lipinski definition) is 0. The molecule has 3 nitrogen and oxygen atoms in total. The largest absolute Gasteiger partial charge is 0.496 e. The van der Waals surface area contributed by atoms with Crippen LogP contribution >= 0.6 is 11.8 Å². The van der Waals surface area contributed by atoms with Crippen molar-refractivity contribution in [2.75, 3.05) is 7.11 Å². The van der Waals surface area contributed by atoms with Gasteiger partial charge in [0.2, 0.25) is 0 Å². The monoisotopic (exact) mass is 256 g/mol. The van der Waals surface area contributed by atoms with Crippen LogP contribution in [-0.4, -0.2) is 12.1 Å². The number of benzene rings is 1. The molecule has 2 rings (SSSR count). The highest BCUT2D eigenvalue weighted by Crippen LogP contribution is 2.31. The first-order valence-electron chi connectivity index (χ1n) is 5.44. The van der Waals surface area contributed by atoms with Gasteiger partial charge in [-0.2, -0.15) is 5.26 Å². The lowest BCUT2D eigenvalue weighted by Gasteiger charge is -2.07. The number of thioether (sulfide) groups is 1. The second-order valence-corrected chi connectivity index (χ2v) is 4.62. The summed E-state index contributed by atoms with van der Waals surface area (Å²) in [6.07, 6.45) is 1.66. The molecule has 0 aliphatic heterocycles. The number of aromatic nitrogens is 1. The van der Waals surface area contributed by atoms with E-state index in [1.54, 1.807) is 25.1 Å². The first kappa shape index (κ1) is 12.5. The third kappa shape index (κ3) is 3.02. The predicted octanol–water partition coefficient (Wildman–Crippen LogP) is 3.25. The number of para-hydroxylation sites is 1. The molecule has 90 valence electrons. The van der Waals surface area contributed by atoms with Crippen molar-refractivity contribution in [2.45, 2.75) is 10.6 Å². The first-order chi connectivity index (χ1) is 8.83. The van der Waals surface area contributed by atoms with Crippen LogP contribution in [0.15, 0.2) is 47.5 Å². The summed E-state index contributed by atoms with van der Waals surface area (Å²) in [5.74, 6) is 1.66. The summed E-state index contributed by atoms with van der Waals surface area (Å²) in [5, 5.41) is 8.79. The van der Waals surface area contributed by atoms with E-state index in [4.69, 9.17) is 10.00 Å². The van der Waals surface area contributed by atoms with Crippen LogP contribution in [0.4, 0.5) is 0 Å². The number of rotatable bonds is 4. The van der Waals surface area contributed by atoms with Gasteiger partial charge in [-0.3, -0.25) is 0 Å². The van der Waals surface area contributed by atoms with Crippen molar-refractivity contribution < 1.29 is 4.74 Å². The van der Waals surface area contributed by atoms with Crippen molar-refractivity contribution in [3.63, 3.8) is 0 Å². The van der Waals surface area contributed by atoms with Gasteiger partial charge in [0.05, 0.1) is 7.11 Å². The molecular formula is C14H12N2OS. The molecule has 4 heteroatoms. The molecular weight excluding hydrogens is 244 g/mol. The molecule has 1 aromatic heterocycles. The van der Waals surface area contributed by atoms with Crippen molar-refractivity contribution in [3.05, 3.63) is 53.9 Å². The molecule has 0 unspecified atom stereocenters. The van der Waals surface area contributed by atoms with Gasteiger partial charge in [-0.05, 0) is 29.8 Å². The van der Waals surface area contributed by atoms with Crippen LogP contribution in [0.25, 0.3) is 0 Å². The molecule has 0 radical (unpaired) electrons. The lowest BCUT2D eigenvalue weighted by molar-refractivity contribution is 0.405. The summed E-state index contributed by atoms with van der Waals surface area (Å²) >= 11 is 1.68. The molecule has 0 spiro atoms. The van der Waals surface area contributed by atoms with E-state index in [0.29, 0.717) is 5.69 Å². The molecule has 0 fully saturated rings. The summed E-state index contributed by atoms with van der Waals surface area (Å²) in [6, 6.07) is 13.7. The minimum atomic E-state index is 0.452. The number of hydrogen-bond acceptors (Lipinski definition) is 4. The SMILES string of the molecule is COc1ccccc1SCc1ccnc(C#N)c1. The van der Waals surface area contributed by atoms with Crippen molar-refractivity contribution in [1.82, 2.24) is 4.98 Å². The first-order valence-corrected chi connectivity index (χ1v) is 6.43. The lowest BCUT2D eigenvalue weighted by atomic mass is 10.2. The standard InChI is InChI=1S/C14H12N2OS/c1-17-13-4-2-3-5-14(13)18-10-11-6-7-16-12(8-11)9-15/h2-8H,10H2,1H3. The van der Waals surface area contributed by atoms with Gasteiger partial charge in [0.15, 0.2) is 0 Å². The fourth-order valence-electron chi connectivity index (χ4n) is 1.52. The minimum Gasteiger partial charge on any atom is -0.496 e. The maximum Gasteiger partial charge on any atom is 0.140 e. The predicted molar refractivity (Wildman–Crippen MR) is 71.5 cm³/mol. The summed E-state index contributed by atoms with van der Waals surface area (Å²) < 4.78 is 5.29. The third-order valence-electron chi connectivity index (χ3n) is 2.40. The van der Waals surface area contributed by atoms with Crippen LogP contribution in [0, 0.1) is 11.3 Å². The highest BCUT2D eigenvalue weighted by atomic mass is 32.2. The van der Waals surface area contributed by atoms with Gasteiger partial charge in [0.1, 0.15) is 17.5 Å². The van der Waals surface area contributed by atoms with E-state index in [0.717, 1.165) is 22.0 Å². The van der Waals surface area contributed by atoms with Gasteiger partial charge >= 0.3 is 0 Å². The van der Waals surface area contributed by atoms with E-state index in [2.05, 4.69) is 4.98 Å². The van der Waals surface area contributed by atoms with Gasteiger partial charge in [-0.15, -0.1) is 11.8 Å². The van der Waals surface area contributed by atoms with Crippen LogP contribution < -0.4 is 4.74 Å². The van der Waals surface area contributed by atoms with E-state index >= 15 is 0 Å². The molecule has 1 aromatic carbocycles. The Morgan fingerprint density at radius 1 is 1.33 bits per heavy atom. The quantitative estimate of drug-likeness (QED) is 0.788. The van der Waals surface area contributed by atoms with E-state index in [-0.39, 0.29) is 0 Å². The van der Waals surface area contributed by atoms with Crippen molar-refractivity contribution in [1.29, 1.82) is 5.26 Å². The Balaban J connectivity index is 2.09. The van der Waals surface area contributed by atoms with Crippen LogP contribution in [0.2, 0.25) is 0 Å². The normalized spacial score (nSPS) is 9.78. The molecule has 0 saturated carbocycles. The Morgan fingerprint density at radius 3 is 2.94 bits per heavy atom. The van der Waals surface area contributed by atoms with E-state index in [1.165, 1.54) is 0 Å². The minimum absolute atomic E-state index is 0.452. The Hall–Kier alpha value is -1.99. The number of pyridine rings is 1. The summed E-state index contributed by atoms with van der Waals surface area (Å²) in [7, 11) is 1.67. The Bertz CT molecular complexity index is 578. The van der Waals surface area contributed by atoms with Crippen LogP contribution in [0.3, 0.4) is 0 Å². The summed E-state index contributed by atoms with van der Waals surface area (Å²) in [5.41, 5.74) is 1.53. The van der Waals surface area contributed by atoms with Gasteiger partial charge in [-0.25, -0.2) is 4.98 Å². The lowest BCUT2D eigenvalue weighted by Crippen LogP contribution is -1.88. The fraction of sp³-hybridized carbons (Fsp3) is 0.143. The molecule has 0 N–H and O–H groups in total. The molecule has 1 heterocycles. The molecule has 0 atom stereocenters. The zero-order valence-corrected chi connectivity index (χ0v) is 10.8. The zero-order chi connectivity index (χ0) is 12.8. The topological polar surface area (TPSA) is 45.9 Å². The van der Waals surface area contributed by atoms with Gasteiger partial charge in [0.25, 0.3) is 0 Å². The van der Waals surface area contributed by atoms with Gasteiger partial charge in [-0.1, -0.05) is 12.1 Å². The molecule has 0 saturated heterocycles. The number of nitrogens with zero attached hydrogens (tertiary/aromatic N) is 2. The maximum absolute atomic E-state index is 8.79. The van der Waals surface area contributed by atoms with Crippen LogP contribution in [0.1, 0.15) is 11.3 Å². The highest BCUT2D eigenvalue weighted by Gasteiger charge is 2.03. The van der Waals surface area contributed by atoms with E-state index in [9.17, 15) is 0 Å². The zero-order valence-electron chi connectivity index (χ0n) is 9.96. The third-order valence-corrected chi connectivity index (χ3v) is 3.53. The van der Waals surface area contributed by atoms with Crippen LogP contribution in [0.5, 0.6) is 5.75 Å². The van der Waals surface area contributed by atoms with Crippen molar-refractivity contribution in [2.24, 2.45) is 0 Å². The average Bonchev–Trinajstić information content (AvgIpc) is 2.45. The smallest absolute Gasteiger partial charge is 0.140 e. The second kappa shape index (κ2) is 6.08. The van der Waals surface area contributed by atoms with E-state index in [1.807, 2.05) is 42.5 Å². The molecule has 0 aliphatic rings. The summed E-state index contributed by atoms with van der Waals surface area (Å²) in [6.45, 7) is 0. The Kier molecular flexibility index (Phi) is 4.21. The maximum atomic E-state index is 8.79. The fourth-order valence-corrected chi connectivity index (χ4v) is 2.49. The van der Waals surface area contributed by atoms with Gasteiger partial charge < -0.3 is 4.74 Å².